The zero-order chi connectivity index (χ0) is 14.3. The van der Waals surface area contributed by atoms with Gasteiger partial charge in [0.15, 0.2) is 0 Å². The SMILES string of the molecule is Brc1cnc2c(N3CCC4(CCCC4)CC3)ccnc2c1. The summed E-state index contributed by atoms with van der Waals surface area (Å²) in [6, 6.07) is 4.17. The number of piperidine rings is 1. The van der Waals surface area contributed by atoms with E-state index < -0.39 is 0 Å². The second-order valence-electron chi connectivity index (χ2n) is 6.55. The third-order valence-electron chi connectivity index (χ3n) is 5.35. The first-order valence-electron chi connectivity index (χ1n) is 7.91. The summed E-state index contributed by atoms with van der Waals surface area (Å²) in [5, 5.41) is 0. The van der Waals surface area contributed by atoms with Gasteiger partial charge < -0.3 is 4.90 Å². The van der Waals surface area contributed by atoms with E-state index >= 15 is 0 Å². The van der Waals surface area contributed by atoms with Crippen LogP contribution in [-0.4, -0.2) is 23.1 Å². The summed E-state index contributed by atoms with van der Waals surface area (Å²) < 4.78 is 0.989. The van der Waals surface area contributed by atoms with Gasteiger partial charge in [-0.2, -0.15) is 0 Å². The van der Waals surface area contributed by atoms with Gasteiger partial charge in [-0.3, -0.25) is 9.97 Å². The first-order valence-corrected chi connectivity index (χ1v) is 8.70. The zero-order valence-corrected chi connectivity index (χ0v) is 13.8. The maximum atomic E-state index is 4.59. The molecule has 21 heavy (non-hydrogen) atoms. The predicted molar refractivity (Wildman–Crippen MR) is 89.6 cm³/mol. The molecule has 1 saturated heterocycles. The molecular weight excluding hydrogens is 326 g/mol. The Morgan fingerprint density at radius 3 is 2.57 bits per heavy atom. The van der Waals surface area contributed by atoms with Crippen molar-refractivity contribution in [2.24, 2.45) is 5.41 Å². The maximum absolute atomic E-state index is 4.59. The highest BCUT2D eigenvalue weighted by molar-refractivity contribution is 9.10. The minimum atomic E-state index is 0.662. The van der Waals surface area contributed by atoms with Gasteiger partial charge >= 0.3 is 0 Å². The molecule has 4 rings (SSSR count). The Balaban J connectivity index is 1.62. The molecular formula is C17H20BrN3. The molecule has 0 bridgehead atoms. The summed E-state index contributed by atoms with van der Waals surface area (Å²) in [4.78, 5) is 11.6. The van der Waals surface area contributed by atoms with Gasteiger partial charge in [0.2, 0.25) is 0 Å². The highest BCUT2D eigenvalue weighted by Crippen LogP contribution is 2.47. The van der Waals surface area contributed by atoms with Crippen LogP contribution >= 0.6 is 15.9 Å². The van der Waals surface area contributed by atoms with Crippen LogP contribution in [0.4, 0.5) is 5.69 Å². The largest absolute Gasteiger partial charge is 0.370 e. The Labute approximate surface area is 133 Å². The number of rotatable bonds is 1. The van der Waals surface area contributed by atoms with Gasteiger partial charge in [0, 0.05) is 30.0 Å². The van der Waals surface area contributed by atoms with Crippen LogP contribution in [0.25, 0.3) is 11.0 Å². The van der Waals surface area contributed by atoms with Crippen LogP contribution in [0.5, 0.6) is 0 Å². The van der Waals surface area contributed by atoms with Gasteiger partial charge in [0.1, 0.15) is 5.52 Å². The Morgan fingerprint density at radius 2 is 1.81 bits per heavy atom. The summed E-state index contributed by atoms with van der Waals surface area (Å²) in [5.74, 6) is 0. The molecule has 2 aromatic heterocycles. The van der Waals surface area contributed by atoms with Crippen molar-refractivity contribution in [2.75, 3.05) is 18.0 Å². The van der Waals surface area contributed by atoms with E-state index in [1.807, 2.05) is 18.5 Å². The highest BCUT2D eigenvalue weighted by Gasteiger charge is 2.37. The van der Waals surface area contributed by atoms with Crippen LogP contribution in [0.3, 0.4) is 0 Å². The molecule has 0 unspecified atom stereocenters. The molecule has 0 radical (unpaired) electrons. The fourth-order valence-corrected chi connectivity index (χ4v) is 4.41. The van der Waals surface area contributed by atoms with Crippen molar-refractivity contribution in [3.63, 3.8) is 0 Å². The lowest BCUT2D eigenvalue weighted by Crippen LogP contribution is -2.39. The lowest BCUT2D eigenvalue weighted by Gasteiger charge is -2.40. The summed E-state index contributed by atoms with van der Waals surface area (Å²) in [5.41, 5.74) is 3.92. The van der Waals surface area contributed by atoms with Crippen molar-refractivity contribution >= 4 is 32.7 Å². The average molecular weight is 346 g/mol. The summed E-state index contributed by atoms with van der Waals surface area (Å²) >= 11 is 3.48. The van der Waals surface area contributed by atoms with Gasteiger partial charge in [-0.25, -0.2) is 0 Å². The van der Waals surface area contributed by atoms with Crippen molar-refractivity contribution in [3.8, 4) is 0 Å². The lowest BCUT2D eigenvalue weighted by molar-refractivity contribution is 0.227. The Morgan fingerprint density at radius 1 is 1.05 bits per heavy atom. The van der Waals surface area contributed by atoms with Crippen LogP contribution < -0.4 is 4.90 Å². The van der Waals surface area contributed by atoms with E-state index in [2.05, 4.69) is 36.9 Å². The molecule has 0 atom stereocenters. The van der Waals surface area contributed by atoms with Crippen molar-refractivity contribution in [1.82, 2.24) is 9.97 Å². The van der Waals surface area contributed by atoms with E-state index in [0.717, 1.165) is 28.6 Å². The summed E-state index contributed by atoms with van der Waals surface area (Å²) in [6.45, 7) is 2.33. The number of anilines is 1. The smallest absolute Gasteiger partial charge is 0.112 e. The molecule has 4 heteroatoms. The molecule has 1 saturated carbocycles. The third-order valence-corrected chi connectivity index (χ3v) is 5.79. The van der Waals surface area contributed by atoms with Crippen LogP contribution in [0.1, 0.15) is 38.5 Å². The standard InChI is InChI=1S/C17H20BrN3/c18-13-11-14-16(20-12-13)15(3-8-19-14)21-9-6-17(7-10-21)4-1-2-5-17/h3,8,11-12H,1-2,4-7,9-10H2. The number of nitrogens with zero attached hydrogens (tertiary/aromatic N) is 3. The van der Waals surface area contributed by atoms with Crippen molar-refractivity contribution in [2.45, 2.75) is 38.5 Å². The van der Waals surface area contributed by atoms with E-state index in [1.165, 1.54) is 44.2 Å². The molecule has 3 heterocycles. The second-order valence-corrected chi connectivity index (χ2v) is 7.46. The predicted octanol–water partition coefficient (Wildman–Crippen LogP) is 4.55. The Hall–Kier alpha value is -1.16. The molecule has 2 fully saturated rings. The van der Waals surface area contributed by atoms with Crippen LogP contribution in [-0.2, 0) is 0 Å². The first-order chi connectivity index (χ1) is 10.3. The fraction of sp³-hybridized carbons (Fsp3) is 0.529. The number of halogens is 1. The summed E-state index contributed by atoms with van der Waals surface area (Å²) in [6.07, 6.45) is 12.2. The number of fused-ring (bicyclic) bond motifs is 1. The monoisotopic (exact) mass is 345 g/mol. The molecule has 0 aromatic carbocycles. The Kier molecular flexibility index (Phi) is 3.37. The van der Waals surface area contributed by atoms with Crippen molar-refractivity contribution in [1.29, 1.82) is 0 Å². The maximum Gasteiger partial charge on any atom is 0.112 e. The van der Waals surface area contributed by atoms with Crippen LogP contribution in [0.15, 0.2) is 29.0 Å². The second kappa shape index (κ2) is 5.24. The minimum absolute atomic E-state index is 0.662. The molecule has 1 spiro atoms. The normalized spacial score (nSPS) is 21.3. The topological polar surface area (TPSA) is 29.0 Å². The fourth-order valence-electron chi connectivity index (χ4n) is 4.09. The van der Waals surface area contributed by atoms with E-state index in [-0.39, 0.29) is 0 Å². The van der Waals surface area contributed by atoms with E-state index in [1.54, 1.807) is 0 Å². The number of hydrogen-bond donors (Lipinski definition) is 0. The zero-order valence-electron chi connectivity index (χ0n) is 12.2. The first kappa shape index (κ1) is 13.5. The minimum Gasteiger partial charge on any atom is -0.370 e. The third kappa shape index (κ3) is 2.44. The molecule has 2 aromatic rings. The van der Waals surface area contributed by atoms with E-state index in [4.69, 9.17) is 0 Å². The van der Waals surface area contributed by atoms with Gasteiger partial charge in [0.05, 0.1) is 11.2 Å². The van der Waals surface area contributed by atoms with Crippen molar-refractivity contribution < 1.29 is 0 Å². The van der Waals surface area contributed by atoms with E-state index in [0.29, 0.717) is 5.41 Å². The number of aromatic nitrogens is 2. The Bertz CT molecular complexity index is 654. The quantitative estimate of drug-likeness (QED) is 0.758. The molecule has 1 aliphatic heterocycles. The molecule has 3 nitrogen and oxygen atoms in total. The average Bonchev–Trinajstić information content (AvgIpc) is 2.95. The molecule has 0 N–H and O–H groups in total. The van der Waals surface area contributed by atoms with Gasteiger partial charge in [-0.1, -0.05) is 12.8 Å². The highest BCUT2D eigenvalue weighted by atomic mass is 79.9. The van der Waals surface area contributed by atoms with Gasteiger partial charge in [-0.05, 0) is 59.2 Å². The van der Waals surface area contributed by atoms with Gasteiger partial charge in [0.25, 0.3) is 0 Å². The number of pyridine rings is 2. The summed E-state index contributed by atoms with van der Waals surface area (Å²) in [7, 11) is 0. The van der Waals surface area contributed by atoms with Crippen molar-refractivity contribution in [3.05, 3.63) is 29.0 Å². The number of hydrogen-bond acceptors (Lipinski definition) is 3. The van der Waals surface area contributed by atoms with Gasteiger partial charge in [-0.15, -0.1) is 0 Å². The van der Waals surface area contributed by atoms with E-state index in [9.17, 15) is 0 Å². The molecule has 110 valence electrons. The van der Waals surface area contributed by atoms with Crippen LogP contribution in [0.2, 0.25) is 0 Å². The lowest BCUT2D eigenvalue weighted by atomic mass is 9.77. The molecule has 0 amide bonds. The van der Waals surface area contributed by atoms with Crippen LogP contribution in [0, 0.1) is 5.41 Å². The molecule has 1 aliphatic carbocycles. The molecule has 2 aliphatic rings.